The first-order chi connectivity index (χ1) is 11.8. The summed E-state index contributed by atoms with van der Waals surface area (Å²) in [5.74, 6) is -4.00. The number of carbonyl (C=O) groups excluding carboxylic acids is 1. The van der Waals surface area contributed by atoms with Crippen molar-refractivity contribution in [3.63, 3.8) is 0 Å². The van der Waals surface area contributed by atoms with Gasteiger partial charge in [-0.3, -0.25) is 4.79 Å². The van der Waals surface area contributed by atoms with Crippen LogP contribution in [0.4, 0.5) is 0 Å². The van der Waals surface area contributed by atoms with Crippen molar-refractivity contribution in [3.8, 4) is 0 Å². The van der Waals surface area contributed by atoms with E-state index in [0.717, 1.165) is 0 Å². The topological polar surface area (TPSA) is 131 Å². The van der Waals surface area contributed by atoms with Gasteiger partial charge in [0.25, 0.3) is 0 Å². The second kappa shape index (κ2) is 6.68. The fraction of sp³-hybridized carbons (Fsp3) is 0.600. The Balaban J connectivity index is 1.80. The molecule has 2 aliphatic heterocycles. The molecule has 9 nitrogen and oxygen atoms in total. The molecule has 3 rings (SSSR count). The van der Waals surface area contributed by atoms with E-state index in [1.54, 1.807) is 19.6 Å². The summed E-state index contributed by atoms with van der Waals surface area (Å²) in [6, 6.07) is -0.706. The van der Waals surface area contributed by atoms with E-state index in [1.807, 2.05) is 9.36 Å². The van der Waals surface area contributed by atoms with E-state index in [-0.39, 0.29) is 16.9 Å². The normalized spacial score (nSPS) is 27.7. The molecule has 1 aromatic rings. The Labute approximate surface area is 148 Å². The minimum absolute atomic E-state index is 0.0749. The second-order valence-corrected chi connectivity index (χ2v) is 7.80. The first-order valence-electron chi connectivity index (χ1n) is 7.99. The van der Waals surface area contributed by atoms with Crippen LogP contribution in [0.2, 0.25) is 0 Å². The predicted octanol–water partition coefficient (Wildman–Crippen LogP) is -2.06. The quantitative estimate of drug-likeness (QED) is 0.488. The molecule has 0 amide bonds. The van der Waals surface area contributed by atoms with E-state index in [0.29, 0.717) is 18.0 Å². The number of hydrogen-bond acceptors (Lipinski definition) is 7. The molecule has 0 fully saturated rings. The molecular weight excluding hydrogens is 348 g/mol. The molecule has 3 heterocycles. The van der Waals surface area contributed by atoms with Crippen LogP contribution in [0.1, 0.15) is 13.8 Å². The highest BCUT2D eigenvalue weighted by atomic mass is 32.2. The largest absolute Gasteiger partial charge is 0.543 e. The Bertz CT molecular complexity index is 711. The zero-order valence-corrected chi connectivity index (χ0v) is 14.6. The highest BCUT2D eigenvalue weighted by Gasteiger charge is 2.43. The number of carboxylic acid groups (broad SMARTS) is 2. The summed E-state index contributed by atoms with van der Waals surface area (Å²) >= 11 is 1.42. The standard InChI is InChI=1S/C15H20N4O5S/c1-7-11(10(8(2)20)14(21)22)17-12(15(23)24)13(7)25-9-3-18-5-16-6-19(18)4-9/h5-11,17,20H,3-4H2,1-2H3,(H-,21,22,23,24)/t7-,8-,10-,11-/m1/s1. The molecule has 0 spiro atoms. The maximum Gasteiger partial charge on any atom is 0.311 e. The Hall–Kier alpha value is -2.07. The van der Waals surface area contributed by atoms with Gasteiger partial charge >= 0.3 is 12.3 Å². The molecule has 0 aliphatic carbocycles. The number of carbonyl (C=O) groups is 2. The third-order valence-corrected chi connectivity index (χ3v) is 6.17. The number of rotatable bonds is 6. The van der Waals surface area contributed by atoms with Crippen LogP contribution in [0.5, 0.6) is 0 Å². The number of hydrogen-bond donors (Lipinski definition) is 3. The number of carboxylic acids is 2. The van der Waals surface area contributed by atoms with Crippen LogP contribution in [0.25, 0.3) is 0 Å². The van der Waals surface area contributed by atoms with Crippen LogP contribution < -0.4 is 15.1 Å². The van der Waals surface area contributed by atoms with Crippen molar-refractivity contribution in [1.29, 1.82) is 0 Å². The Morgan fingerprint density at radius 1 is 1.56 bits per heavy atom. The van der Waals surface area contributed by atoms with Crippen LogP contribution in [0, 0.1) is 11.8 Å². The van der Waals surface area contributed by atoms with Gasteiger partial charge in [-0.15, -0.1) is 11.8 Å². The molecule has 4 atom stereocenters. The average molecular weight is 368 g/mol. The predicted molar refractivity (Wildman–Crippen MR) is 84.7 cm³/mol. The van der Waals surface area contributed by atoms with Gasteiger partial charge < -0.3 is 25.4 Å². The van der Waals surface area contributed by atoms with Crippen molar-refractivity contribution in [2.24, 2.45) is 11.8 Å². The van der Waals surface area contributed by atoms with E-state index in [9.17, 15) is 24.9 Å². The monoisotopic (exact) mass is 368 g/mol. The number of nitrogens with one attached hydrogen (secondary N) is 1. The fourth-order valence-corrected chi connectivity index (χ4v) is 4.92. The van der Waals surface area contributed by atoms with Crippen molar-refractivity contribution in [1.82, 2.24) is 15.0 Å². The van der Waals surface area contributed by atoms with E-state index >= 15 is 0 Å². The summed E-state index contributed by atoms with van der Waals surface area (Å²) in [4.78, 5) is 27.7. The van der Waals surface area contributed by atoms with Gasteiger partial charge in [0, 0.05) is 16.9 Å². The van der Waals surface area contributed by atoms with Gasteiger partial charge in [-0.25, -0.2) is 0 Å². The molecule has 0 unspecified atom stereocenters. The molecule has 3 N–H and O–H groups in total. The SMILES string of the molecule is C[C@@H](O)[C@@H](C(=O)O)[C@@H]1NC(C(=O)[O-])=C(SC2Cn3cnc[n+]3C2)[C@@H]1C. The van der Waals surface area contributed by atoms with E-state index < -0.39 is 30.0 Å². The van der Waals surface area contributed by atoms with Crippen molar-refractivity contribution >= 4 is 23.7 Å². The fourth-order valence-electron chi connectivity index (χ4n) is 3.49. The maximum atomic E-state index is 11.5. The lowest BCUT2D eigenvalue weighted by Crippen LogP contribution is -2.46. The van der Waals surface area contributed by atoms with E-state index in [2.05, 4.69) is 10.3 Å². The lowest BCUT2D eigenvalue weighted by molar-refractivity contribution is -0.758. The second-order valence-electron chi connectivity index (χ2n) is 6.45. The third kappa shape index (κ3) is 3.23. The zero-order chi connectivity index (χ0) is 18.3. The minimum atomic E-state index is -1.36. The molecule has 0 aromatic carbocycles. The smallest absolute Gasteiger partial charge is 0.311 e. The number of aromatic nitrogens is 3. The summed E-state index contributed by atoms with van der Waals surface area (Å²) in [6.07, 6.45) is 2.31. The molecular formula is C15H20N4O5S. The molecule has 0 saturated heterocycles. The van der Waals surface area contributed by atoms with E-state index in [4.69, 9.17) is 0 Å². The lowest BCUT2D eigenvalue weighted by atomic mass is 9.87. The number of aliphatic carboxylic acids is 2. The summed E-state index contributed by atoms with van der Waals surface area (Å²) in [7, 11) is 0. The van der Waals surface area contributed by atoms with Gasteiger partial charge in [0.05, 0.1) is 29.6 Å². The van der Waals surface area contributed by atoms with E-state index in [1.165, 1.54) is 18.7 Å². The lowest BCUT2D eigenvalue weighted by Gasteiger charge is -2.27. The highest BCUT2D eigenvalue weighted by Crippen LogP contribution is 2.40. The zero-order valence-electron chi connectivity index (χ0n) is 13.8. The van der Waals surface area contributed by atoms with Gasteiger partial charge in [-0.05, 0) is 11.9 Å². The van der Waals surface area contributed by atoms with Gasteiger partial charge in [-0.1, -0.05) is 6.92 Å². The van der Waals surface area contributed by atoms with Gasteiger partial charge in [0.1, 0.15) is 12.5 Å². The summed E-state index contributed by atoms with van der Waals surface area (Å²) < 4.78 is 3.88. The van der Waals surface area contributed by atoms with Crippen molar-refractivity contribution in [2.45, 2.75) is 44.3 Å². The first-order valence-corrected chi connectivity index (χ1v) is 8.87. The van der Waals surface area contributed by atoms with Crippen LogP contribution >= 0.6 is 11.8 Å². The van der Waals surface area contributed by atoms with Crippen LogP contribution in [-0.2, 0) is 22.7 Å². The van der Waals surface area contributed by atoms with Gasteiger partial charge in [0.2, 0.25) is 6.33 Å². The summed E-state index contributed by atoms with van der Waals surface area (Å²) in [5.41, 5.74) is -0.0749. The van der Waals surface area contributed by atoms with Crippen molar-refractivity contribution < 1.29 is 29.6 Å². The van der Waals surface area contributed by atoms with Crippen LogP contribution in [-0.4, -0.2) is 49.2 Å². The number of aliphatic hydroxyl groups is 1. The van der Waals surface area contributed by atoms with Crippen molar-refractivity contribution in [2.75, 3.05) is 0 Å². The molecule has 25 heavy (non-hydrogen) atoms. The molecule has 0 radical (unpaired) electrons. The molecule has 136 valence electrons. The maximum absolute atomic E-state index is 11.5. The minimum Gasteiger partial charge on any atom is -0.543 e. The highest BCUT2D eigenvalue weighted by molar-refractivity contribution is 8.03. The molecule has 0 saturated carbocycles. The summed E-state index contributed by atoms with van der Waals surface area (Å²) in [5, 5.41) is 33.6. The Morgan fingerprint density at radius 3 is 2.84 bits per heavy atom. The first kappa shape index (κ1) is 17.7. The number of fused-ring (bicyclic) bond motifs is 1. The van der Waals surface area contributed by atoms with Crippen LogP contribution in [0.15, 0.2) is 23.3 Å². The molecule has 1 aromatic heterocycles. The van der Waals surface area contributed by atoms with Crippen LogP contribution in [0.3, 0.4) is 0 Å². The molecule has 0 bridgehead atoms. The van der Waals surface area contributed by atoms with Gasteiger partial charge in [-0.2, -0.15) is 9.36 Å². The Kier molecular flexibility index (Phi) is 4.74. The summed E-state index contributed by atoms with van der Waals surface area (Å²) in [6.45, 7) is 4.54. The number of nitrogens with zero attached hydrogens (tertiary/aromatic N) is 3. The number of thioether (sulfide) groups is 1. The Morgan fingerprint density at radius 2 is 2.28 bits per heavy atom. The van der Waals surface area contributed by atoms with Crippen molar-refractivity contribution in [3.05, 3.63) is 23.3 Å². The average Bonchev–Trinajstić information content (AvgIpc) is 3.15. The third-order valence-electron chi connectivity index (χ3n) is 4.71. The molecule has 10 heteroatoms. The molecule has 2 aliphatic rings. The van der Waals surface area contributed by atoms with Gasteiger partial charge in [0.15, 0.2) is 0 Å². The number of aliphatic hydroxyl groups excluding tert-OH is 1.